The topological polar surface area (TPSA) is 66.6 Å². The van der Waals surface area contributed by atoms with Crippen molar-refractivity contribution in [3.05, 3.63) is 24.4 Å². The van der Waals surface area contributed by atoms with Gasteiger partial charge in [0.25, 0.3) is 0 Å². The Morgan fingerprint density at radius 1 is 1.60 bits per heavy atom. The average molecular weight is 140 g/mol. The van der Waals surface area contributed by atoms with Gasteiger partial charge in [-0.15, -0.1) is 0 Å². The smallest absolute Gasteiger partial charge is 0.412 e. The van der Waals surface area contributed by atoms with Crippen LogP contribution in [0.4, 0.5) is 4.79 Å². The van der Waals surface area contributed by atoms with Gasteiger partial charge in [-0.05, 0) is 12.2 Å². The quantitative estimate of drug-likeness (QED) is 0.509. The van der Waals surface area contributed by atoms with Gasteiger partial charge in [0.05, 0.1) is 0 Å². The first-order valence-corrected chi connectivity index (χ1v) is 2.83. The van der Waals surface area contributed by atoms with Crippen molar-refractivity contribution >= 4 is 6.09 Å². The lowest BCUT2D eigenvalue weighted by atomic mass is 10.3. The third-order valence-electron chi connectivity index (χ3n) is 1.21. The van der Waals surface area contributed by atoms with E-state index in [1.54, 1.807) is 18.2 Å². The third-order valence-corrected chi connectivity index (χ3v) is 1.21. The van der Waals surface area contributed by atoms with Crippen molar-refractivity contribution in [1.82, 2.24) is 4.90 Å². The van der Waals surface area contributed by atoms with Gasteiger partial charge in [0.1, 0.15) is 6.17 Å². The fourth-order valence-electron chi connectivity index (χ4n) is 0.704. The average Bonchev–Trinajstić information content (AvgIpc) is 1.88. The Morgan fingerprint density at radius 3 is 2.70 bits per heavy atom. The number of hydrogen-bond acceptors (Lipinski definition) is 2. The summed E-state index contributed by atoms with van der Waals surface area (Å²) >= 11 is 0. The SMILES string of the molecule is NC1C=CC=CN1C(=O)O. The highest BCUT2D eigenvalue weighted by Crippen LogP contribution is 2.02. The van der Waals surface area contributed by atoms with E-state index < -0.39 is 12.3 Å². The van der Waals surface area contributed by atoms with E-state index in [0.717, 1.165) is 4.90 Å². The minimum atomic E-state index is -1.03. The molecule has 1 rings (SSSR count). The maximum atomic E-state index is 10.3. The fourth-order valence-corrected chi connectivity index (χ4v) is 0.704. The van der Waals surface area contributed by atoms with Crippen molar-refractivity contribution in [2.45, 2.75) is 6.17 Å². The van der Waals surface area contributed by atoms with Crippen LogP contribution < -0.4 is 5.73 Å². The minimum absolute atomic E-state index is 0.539. The van der Waals surface area contributed by atoms with Gasteiger partial charge in [-0.25, -0.2) is 4.79 Å². The van der Waals surface area contributed by atoms with E-state index >= 15 is 0 Å². The summed E-state index contributed by atoms with van der Waals surface area (Å²) in [4.78, 5) is 11.4. The highest BCUT2D eigenvalue weighted by atomic mass is 16.4. The molecule has 1 atom stereocenters. The first-order valence-electron chi connectivity index (χ1n) is 2.83. The second-order valence-corrected chi connectivity index (χ2v) is 1.91. The lowest BCUT2D eigenvalue weighted by Crippen LogP contribution is -2.41. The van der Waals surface area contributed by atoms with Gasteiger partial charge >= 0.3 is 6.09 Å². The van der Waals surface area contributed by atoms with Crippen LogP contribution in [-0.4, -0.2) is 22.3 Å². The van der Waals surface area contributed by atoms with Crippen LogP contribution in [0.25, 0.3) is 0 Å². The maximum Gasteiger partial charge on any atom is 0.412 e. The molecule has 4 heteroatoms. The Labute approximate surface area is 58.2 Å². The number of carbonyl (C=O) groups is 1. The first-order chi connectivity index (χ1) is 4.72. The zero-order valence-electron chi connectivity index (χ0n) is 5.27. The van der Waals surface area contributed by atoms with Crippen molar-refractivity contribution in [1.29, 1.82) is 0 Å². The van der Waals surface area contributed by atoms with E-state index in [-0.39, 0.29) is 0 Å². The fraction of sp³-hybridized carbons (Fsp3) is 0.167. The number of amides is 1. The summed E-state index contributed by atoms with van der Waals surface area (Å²) in [5.74, 6) is 0. The van der Waals surface area contributed by atoms with E-state index in [1.807, 2.05) is 0 Å². The van der Waals surface area contributed by atoms with E-state index in [9.17, 15) is 4.79 Å². The van der Waals surface area contributed by atoms with Gasteiger partial charge in [-0.3, -0.25) is 4.90 Å². The number of allylic oxidation sites excluding steroid dienone is 2. The van der Waals surface area contributed by atoms with Crippen LogP contribution in [0.1, 0.15) is 0 Å². The van der Waals surface area contributed by atoms with Crippen molar-refractivity contribution < 1.29 is 9.90 Å². The molecule has 0 aromatic heterocycles. The van der Waals surface area contributed by atoms with Crippen LogP contribution in [0.2, 0.25) is 0 Å². The van der Waals surface area contributed by atoms with Gasteiger partial charge in [-0.2, -0.15) is 0 Å². The zero-order valence-corrected chi connectivity index (χ0v) is 5.27. The van der Waals surface area contributed by atoms with Crippen LogP contribution in [0, 0.1) is 0 Å². The van der Waals surface area contributed by atoms with E-state index in [2.05, 4.69) is 0 Å². The Balaban J connectivity index is 2.70. The molecule has 0 saturated heterocycles. The Kier molecular flexibility index (Phi) is 1.73. The molecule has 3 N–H and O–H groups in total. The van der Waals surface area contributed by atoms with Crippen molar-refractivity contribution in [2.24, 2.45) is 5.73 Å². The van der Waals surface area contributed by atoms with Gasteiger partial charge in [-0.1, -0.05) is 6.08 Å². The number of hydrogen-bond donors (Lipinski definition) is 2. The molecule has 0 bridgehead atoms. The molecule has 0 aliphatic carbocycles. The van der Waals surface area contributed by atoms with Crippen LogP contribution in [0.3, 0.4) is 0 Å². The Morgan fingerprint density at radius 2 is 2.30 bits per heavy atom. The molecule has 1 amide bonds. The highest BCUT2D eigenvalue weighted by Gasteiger charge is 2.15. The van der Waals surface area contributed by atoms with Crippen molar-refractivity contribution in [3.63, 3.8) is 0 Å². The summed E-state index contributed by atoms with van der Waals surface area (Å²) in [6, 6.07) is 0. The van der Waals surface area contributed by atoms with Crippen LogP contribution >= 0.6 is 0 Å². The number of nitrogens with zero attached hydrogens (tertiary/aromatic N) is 1. The van der Waals surface area contributed by atoms with Crippen molar-refractivity contribution in [3.8, 4) is 0 Å². The summed E-state index contributed by atoms with van der Waals surface area (Å²) in [6.07, 6.45) is 4.79. The summed E-state index contributed by atoms with van der Waals surface area (Å²) in [5, 5.41) is 8.47. The normalized spacial score (nSPS) is 23.3. The molecule has 10 heavy (non-hydrogen) atoms. The molecular weight excluding hydrogens is 132 g/mol. The second-order valence-electron chi connectivity index (χ2n) is 1.91. The van der Waals surface area contributed by atoms with E-state index in [0.29, 0.717) is 0 Å². The molecule has 0 spiro atoms. The number of nitrogens with two attached hydrogens (primary N) is 1. The minimum Gasteiger partial charge on any atom is -0.465 e. The molecule has 0 radical (unpaired) electrons. The van der Waals surface area contributed by atoms with Gasteiger partial charge < -0.3 is 10.8 Å². The van der Waals surface area contributed by atoms with E-state index in [1.165, 1.54) is 6.20 Å². The first kappa shape index (κ1) is 6.82. The molecule has 0 fully saturated rings. The predicted molar refractivity (Wildman–Crippen MR) is 36.1 cm³/mol. The summed E-state index contributed by atoms with van der Waals surface area (Å²) in [6.45, 7) is 0. The molecule has 1 aliphatic rings. The van der Waals surface area contributed by atoms with Crippen LogP contribution in [-0.2, 0) is 0 Å². The van der Waals surface area contributed by atoms with Gasteiger partial charge in [0.2, 0.25) is 0 Å². The number of rotatable bonds is 0. The van der Waals surface area contributed by atoms with Crippen LogP contribution in [0.5, 0.6) is 0 Å². The largest absolute Gasteiger partial charge is 0.465 e. The zero-order chi connectivity index (χ0) is 7.56. The summed E-state index contributed by atoms with van der Waals surface area (Å²) in [7, 11) is 0. The molecular formula is C6H8N2O2. The van der Waals surface area contributed by atoms with Gasteiger partial charge in [0, 0.05) is 6.20 Å². The molecule has 0 saturated carbocycles. The molecule has 1 heterocycles. The highest BCUT2D eigenvalue weighted by molar-refractivity contribution is 5.67. The van der Waals surface area contributed by atoms with Crippen LogP contribution in [0.15, 0.2) is 24.4 Å². The predicted octanol–water partition coefficient (Wildman–Crippen LogP) is 0.335. The van der Waals surface area contributed by atoms with Gasteiger partial charge in [0.15, 0.2) is 0 Å². The molecule has 1 aliphatic heterocycles. The third kappa shape index (κ3) is 1.16. The standard InChI is InChI=1S/C6H8N2O2/c7-5-3-1-2-4-8(5)6(9)10/h1-5H,7H2,(H,9,10). The molecule has 54 valence electrons. The Bertz CT molecular complexity index is 198. The molecule has 4 nitrogen and oxygen atoms in total. The number of carboxylic acid groups (broad SMARTS) is 1. The molecule has 0 aromatic carbocycles. The summed E-state index contributed by atoms with van der Waals surface area (Å²) in [5.41, 5.74) is 5.39. The summed E-state index contributed by atoms with van der Waals surface area (Å²) < 4.78 is 0. The molecule has 0 aromatic rings. The lowest BCUT2D eigenvalue weighted by Gasteiger charge is -2.21. The van der Waals surface area contributed by atoms with Crippen molar-refractivity contribution in [2.75, 3.05) is 0 Å². The lowest BCUT2D eigenvalue weighted by molar-refractivity contribution is 0.155. The second kappa shape index (κ2) is 2.53. The maximum absolute atomic E-state index is 10.3. The molecule has 1 unspecified atom stereocenters. The monoisotopic (exact) mass is 140 g/mol. The Hall–Kier alpha value is -1.29. The van der Waals surface area contributed by atoms with E-state index in [4.69, 9.17) is 10.8 Å².